The van der Waals surface area contributed by atoms with E-state index in [9.17, 15) is 5.11 Å². The molecule has 0 aromatic heterocycles. The molecule has 0 aromatic carbocycles. The van der Waals surface area contributed by atoms with Crippen molar-refractivity contribution < 1.29 is 5.11 Å². The summed E-state index contributed by atoms with van der Waals surface area (Å²) in [5.41, 5.74) is 2.80. The topological polar surface area (TPSA) is 20.2 Å². The van der Waals surface area contributed by atoms with Gasteiger partial charge < -0.3 is 5.11 Å². The second kappa shape index (κ2) is 9.24. The second-order valence-electron chi connectivity index (χ2n) is 17.3. The lowest BCUT2D eigenvalue weighted by molar-refractivity contribution is -0.308. The van der Waals surface area contributed by atoms with E-state index in [0.29, 0.717) is 32.5 Å². The van der Waals surface area contributed by atoms with Crippen molar-refractivity contribution in [1.29, 1.82) is 0 Å². The van der Waals surface area contributed by atoms with E-state index in [2.05, 4.69) is 27.7 Å². The van der Waals surface area contributed by atoms with Crippen molar-refractivity contribution in [2.24, 2.45) is 38.4 Å². The monoisotopic (exact) mass is 510 g/mol. The van der Waals surface area contributed by atoms with Gasteiger partial charge in [0.2, 0.25) is 0 Å². The van der Waals surface area contributed by atoms with Crippen LogP contribution >= 0.6 is 0 Å². The van der Waals surface area contributed by atoms with Crippen molar-refractivity contribution in [2.75, 3.05) is 0 Å². The van der Waals surface area contributed by atoms with Gasteiger partial charge in [0.1, 0.15) is 0 Å². The summed E-state index contributed by atoms with van der Waals surface area (Å²) in [6, 6.07) is 0. The Morgan fingerprint density at radius 1 is 0.459 bits per heavy atom. The third-order valence-electron chi connectivity index (χ3n) is 13.9. The summed E-state index contributed by atoms with van der Waals surface area (Å²) < 4.78 is 0. The third kappa shape index (κ3) is 4.32. The standard InChI is InChI=1S/C36H62O/c1-5-9-13-30-17-29-18-31(20-30,14-10-6-2)23-34(19-29,22-30)35-24-32(15-11-7-3)21-33(25-35,16-12-8-4)27-36(37,26-32)28-35/h29,37H,5-28H2,1-4H3. The summed E-state index contributed by atoms with van der Waals surface area (Å²) >= 11 is 0. The minimum atomic E-state index is -0.354. The number of unbranched alkanes of at least 4 members (excludes halogenated alkanes) is 4. The van der Waals surface area contributed by atoms with Gasteiger partial charge in [-0.05, 0) is 141 Å². The van der Waals surface area contributed by atoms with Gasteiger partial charge in [-0.2, -0.15) is 0 Å². The van der Waals surface area contributed by atoms with Crippen molar-refractivity contribution in [3.8, 4) is 0 Å². The SMILES string of the molecule is CCCCC12CC3CC(CCCC)(C1)CC(C14CC5(O)CC(CCCC)(CC(CCCC)(C5)C1)C4)(C3)C2. The lowest BCUT2D eigenvalue weighted by atomic mass is 9.26. The van der Waals surface area contributed by atoms with E-state index in [1.54, 1.807) is 38.5 Å². The molecule has 1 heteroatoms. The average Bonchev–Trinajstić information content (AvgIpc) is 2.82. The maximum atomic E-state index is 12.5. The fraction of sp³-hybridized carbons (Fsp3) is 1.00. The lowest BCUT2D eigenvalue weighted by Gasteiger charge is -2.79. The Hall–Kier alpha value is -0.0400. The van der Waals surface area contributed by atoms with Crippen LogP contribution in [0.1, 0.15) is 182 Å². The van der Waals surface area contributed by atoms with Gasteiger partial charge in [-0.1, -0.05) is 79.1 Å². The quantitative estimate of drug-likeness (QED) is 0.261. The summed E-state index contributed by atoms with van der Waals surface area (Å²) in [4.78, 5) is 0. The van der Waals surface area contributed by atoms with Gasteiger partial charge in [0, 0.05) is 0 Å². The molecule has 37 heavy (non-hydrogen) atoms. The molecule has 0 spiro atoms. The second-order valence-corrected chi connectivity index (χ2v) is 17.3. The Bertz CT molecular complexity index is 792. The largest absolute Gasteiger partial charge is 0.390 e. The van der Waals surface area contributed by atoms with Gasteiger partial charge in [-0.15, -0.1) is 0 Å². The van der Waals surface area contributed by atoms with Crippen LogP contribution in [0.4, 0.5) is 0 Å². The highest BCUT2D eigenvalue weighted by atomic mass is 16.3. The first-order valence-electron chi connectivity index (χ1n) is 17.4. The zero-order chi connectivity index (χ0) is 26.0. The molecule has 4 unspecified atom stereocenters. The third-order valence-corrected chi connectivity index (χ3v) is 13.9. The predicted molar refractivity (Wildman–Crippen MR) is 157 cm³/mol. The van der Waals surface area contributed by atoms with E-state index < -0.39 is 0 Å². The molecule has 8 rings (SSSR count). The van der Waals surface area contributed by atoms with Crippen LogP contribution in [0.3, 0.4) is 0 Å². The zero-order valence-corrected chi connectivity index (χ0v) is 25.5. The Labute approximate surface area is 230 Å². The smallest absolute Gasteiger partial charge is 0.0663 e. The summed E-state index contributed by atoms with van der Waals surface area (Å²) in [5.74, 6) is 0.991. The molecule has 0 aliphatic heterocycles. The molecular formula is C36H62O. The fourth-order valence-corrected chi connectivity index (χ4v) is 14.3. The van der Waals surface area contributed by atoms with Gasteiger partial charge in [0.15, 0.2) is 0 Å². The fourth-order valence-electron chi connectivity index (χ4n) is 14.3. The first kappa shape index (κ1) is 27.1. The zero-order valence-electron chi connectivity index (χ0n) is 25.5. The minimum absolute atomic E-state index is 0.354. The van der Waals surface area contributed by atoms with E-state index in [4.69, 9.17) is 0 Å². The van der Waals surface area contributed by atoms with Crippen molar-refractivity contribution in [3.05, 3.63) is 0 Å². The van der Waals surface area contributed by atoms with Crippen molar-refractivity contribution in [3.63, 3.8) is 0 Å². The van der Waals surface area contributed by atoms with Gasteiger partial charge in [-0.25, -0.2) is 0 Å². The minimum Gasteiger partial charge on any atom is -0.390 e. The maximum Gasteiger partial charge on any atom is 0.0663 e. The van der Waals surface area contributed by atoms with Crippen LogP contribution in [-0.4, -0.2) is 10.7 Å². The van der Waals surface area contributed by atoms with Gasteiger partial charge in [-0.3, -0.25) is 0 Å². The van der Waals surface area contributed by atoms with Crippen LogP contribution in [0, 0.1) is 38.4 Å². The summed E-state index contributed by atoms with van der Waals surface area (Å²) in [6.45, 7) is 9.64. The average molecular weight is 511 g/mol. The molecule has 0 heterocycles. The van der Waals surface area contributed by atoms with Crippen LogP contribution in [0.15, 0.2) is 0 Å². The first-order valence-corrected chi connectivity index (χ1v) is 17.4. The van der Waals surface area contributed by atoms with E-state index in [1.807, 2.05) is 0 Å². The van der Waals surface area contributed by atoms with Crippen LogP contribution in [0.2, 0.25) is 0 Å². The summed E-state index contributed by atoms with van der Waals surface area (Å²) in [7, 11) is 0. The van der Waals surface area contributed by atoms with Crippen molar-refractivity contribution in [2.45, 2.75) is 187 Å². The molecule has 8 aliphatic rings. The van der Waals surface area contributed by atoms with Gasteiger partial charge in [0.05, 0.1) is 5.60 Å². The first-order chi connectivity index (χ1) is 17.6. The molecule has 0 saturated heterocycles. The number of aliphatic hydroxyl groups is 1. The molecule has 8 bridgehead atoms. The number of hydrogen-bond acceptors (Lipinski definition) is 1. The Morgan fingerprint density at radius 2 is 0.865 bits per heavy atom. The molecule has 8 saturated carbocycles. The molecule has 0 aromatic rings. The molecular weight excluding hydrogens is 448 g/mol. The summed E-state index contributed by atoms with van der Waals surface area (Å²) in [5, 5.41) is 12.5. The van der Waals surface area contributed by atoms with Crippen LogP contribution in [0.25, 0.3) is 0 Å². The summed E-state index contributed by atoms with van der Waals surface area (Å²) in [6.07, 6.45) is 34.1. The van der Waals surface area contributed by atoms with Gasteiger partial charge in [0.25, 0.3) is 0 Å². The molecule has 0 amide bonds. The molecule has 4 atom stereocenters. The van der Waals surface area contributed by atoms with E-state index in [-0.39, 0.29) is 5.60 Å². The maximum absolute atomic E-state index is 12.5. The molecule has 212 valence electrons. The Morgan fingerprint density at radius 3 is 1.32 bits per heavy atom. The number of hydrogen-bond donors (Lipinski definition) is 1. The van der Waals surface area contributed by atoms with E-state index >= 15 is 0 Å². The van der Waals surface area contributed by atoms with E-state index in [0.717, 1.165) is 18.8 Å². The lowest BCUT2D eigenvalue weighted by Crippen LogP contribution is -2.71. The van der Waals surface area contributed by atoms with Crippen molar-refractivity contribution >= 4 is 0 Å². The van der Waals surface area contributed by atoms with Crippen LogP contribution in [0.5, 0.6) is 0 Å². The normalized spacial score (nSPS) is 51.3. The van der Waals surface area contributed by atoms with E-state index in [1.165, 1.54) is 103 Å². The number of rotatable bonds is 13. The molecule has 8 aliphatic carbocycles. The molecule has 1 N–H and O–H groups in total. The van der Waals surface area contributed by atoms with Gasteiger partial charge >= 0.3 is 0 Å². The molecule has 0 radical (unpaired) electrons. The highest BCUT2D eigenvalue weighted by Crippen LogP contribution is 2.84. The Balaban J connectivity index is 1.43. The molecule has 1 nitrogen and oxygen atoms in total. The van der Waals surface area contributed by atoms with Crippen LogP contribution in [-0.2, 0) is 0 Å². The highest BCUT2D eigenvalue weighted by molar-refractivity contribution is 5.26. The Kier molecular flexibility index (Phi) is 6.78. The predicted octanol–water partition coefficient (Wildman–Crippen LogP) is 10.8. The molecule has 8 fully saturated rings. The van der Waals surface area contributed by atoms with Crippen LogP contribution < -0.4 is 0 Å². The highest BCUT2D eigenvalue weighted by Gasteiger charge is 2.75. The van der Waals surface area contributed by atoms with Crippen molar-refractivity contribution in [1.82, 2.24) is 0 Å².